The van der Waals surface area contributed by atoms with Crippen LogP contribution in [0.15, 0.2) is 52.1 Å². The number of thiophene rings is 1. The Kier molecular flexibility index (Phi) is 5.16. The first-order valence-corrected chi connectivity index (χ1v) is 9.77. The predicted octanol–water partition coefficient (Wildman–Crippen LogP) is 5.04. The lowest BCUT2D eigenvalue weighted by Crippen LogP contribution is -2.23. The lowest BCUT2D eigenvalue weighted by Gasteiger charge is -2.12. The molecule has 138 valence electrons. The summed E-state index contributed by atoms with van der Waals surface area (Å²) in [4.78, 5) is 18.7. The van der Waals surface area contributed by atoms with Gasteiger partial charge in [0, 0.05) is 11.1 Å². The SMILES string of the molecule is O=C(NCc1ccco1)c1c(N=Cc2ccc(F)cc2)sc2c1CCCC2. The van der Waals surface area contributed by atoms with Gasteiger partial charge in [0.25, 0.3) is 5.91 Å². The highest BCUT2D eigenvalue weighted by atomic mass is 32.1. The van der Waals surface area contributed by atoms with E-state index in [1.807, 2.05) is 6.07 Å². The summed E-state index contributed by atoms with van der Waals surface area (Å²) in [5.74, 6) is 0.303. The summed E-state index contributed by atoms with van der Waals surface area (Å²) in [5, 5.41) is 3.65. The van der Waals surface area contributed by atoms with E-state index >= 15 is 0 Å². The van der Waals surface area contributed by atoms with E-state index in [2.05, 4.69) is 10.3 Å². The topological polar surface area (TPSA) is 54.6 Å². The molecule has 0 radical (unpaired) electrons. The van der Waals surface area contributed by atoms with Gasteiger partial charge in [-0.15, -0.1) is 11.3 Å². The first kappa shape index (κ1) is 17.7. The molecular weight excluding hydrogens is 363 g/mol. The summed E-state index contributed by atoms with van der Waals surface area (Å²) in [7, 11) is 0. The highest BCUT2D eigenvalue weighted by Crippen LogP contribution is 2.39. The highest BCUT2D eigenvalue weighted by molar-refractivity contribution is 7.16. The molecule has 0 fully saturated rings. The van der Waals surface area contributed by atoms with Gasteiger partial charge in [0.2, 0.25) is 0 Å². The van der Waals surface area contributed by atoms with Crippen LogP contribution in [-0.2, 0) is 19.4 Å². The first-order chi connectivity index (χ1) is 13.2. The number of hydrogen-bond acceptors (Lipinski definition) is 4. The number of benzene rings is 1. The predicted molar refractivity (Wildman–Crippen MR) is 104 cm³/mol. The molecule has 1 aromatic carbocycles. The van der Waals surface area contributed by atoms with Gasteiger partial charge in [-0.1, -0.05) is 12.1 Å². The van der Waals surface area contributed by atoms with Crippen molar-refractivity contribution in [3.05, 3.63) is 75.8 Å². The minimum absolute atomic E-state index is 0.128. The van der Waals surface area contributed by atoms with Crippen molar-refractivity contribution >= 4 is 28.5 Å². The number of fused-ring (bicyclic) bond motifs is 1. The van der Waals surface area contributed by atoms with Crippen LogP contribution in [-0.4, -0.2) is 12.1 Å². The van der Waals surface area contributed by atoms with Gasteiger partial charge in [-0.25, -0.2) is 9.38 Å². The van der Waals surface area contributed by atoms with Gasteiger partial charge in [-0.05, 0) is 61.1 Å². The maximum Gasteiger partial charge on any atom is 0.255 e. The standard InChI is InChI=1S/C21H19FN2O2S/c22-15-9-7-14(8-10-15)12-24-21-19(17-5-1-2-6-18(17)27-21)20(25)23-13-16-4-3-11-26-16/h3-4,7-12H,1-2,5-6,13H2,(H,23,25). The minimum Gasteiger partial charge on any atom is -0.467 e. The Morgan fingerprint density at radius 2 is 2.04 bits per heavy atom. The summed E-state index contributed by atoms with van der Waals surface area (Å²) in [6.45, 7) is 0.345. The van der Waals surface area contributed by atoms with E-state index in [-0.39, 0.29) is 11.7 Å². The Bertz CT molecular complexity index is 959. The van der Waals surface area contributed by atoms with E-state index in [1.165, 1.54) is 17.0 Å². The van der Waals surface area contributed by atoms with E-state index < -0.39 is 0 Å². The molecule has 0 bridgehead atoms. The Hall–Kier alpha value is -2.73. The second kappa shape index (κ2) is 7.88. The zero-order chi connectivity index (χ0) is 18.6. The van der Waals surface area contributed by atoms with Crippen molar-refractivity contribution in [2.75, 3.05) is 0 Å². The van der Waals surface area contributed by atoms with Crippen molar-refractivity contribution in [3.8, 4) is 0 Å². The maximum absolute atomic E-state index is 13.1. The van der Waals surface area contributed by atoms with Gasteiger partial charge < -0.3 is 9.73 Å². The van der Waals surface area contributed by atoms with Crippen molar-refractivity contribution < 1.29 is 13.6 Å². The third-order valence-electron chi connectivity index (χ3n) is 4.58. The zero-order valence-electron chi connectivity index (χ0n) is 14.7. The molecule has 27 heavy (non-hydrogen) atoms. The molecule has 0 unspecified atom stereocenters. The summed E-state index contributed by atoms with van der Waals surface area (Å²) in [6.07, 6.45) is 7.39. The number of aliphatic imine (C=N–C) groups is 1. The molecule has 1 N–H and O–H groups in total. The number of furan rings is 1. The van der Waals surface area contributed by atoms with Gasteiger partial charge >= 0.3 is 0 Å². The number of nitrogens with one attached hydrogen (secondary N) is 1. The number of carbonyl (C=O) groups is 1. The molecule has 0 aliphatic heterocycles. The minimum atomic E-state index is -0.281. The lowest BCUT2D eigenvalue weighted by atomic mass is 9.95. The zero-order valence-corrected chi connectivity index (χ0v) is 15.5. The van der Waals surface area contributed by atoms with Gasteiger partial charge in [0.05, 0.1) is 18.4 Å². The van der Waals surface area contributed by atoms with Crippen LogP contribution in [0.2, 0.25) is 0 Å². The van der Waals surface area contributed by atoms with Crippen LogP contribution in [0.4, 0.5) is 9.39 Å². The largest absolute Gasteiger partial charge is 0.467 e. The molecule has 0 atom stereocenters. The third kappa shape index (κ3) is 4.01. The fourth-order valence-electron chi connectivity index (χ4n) is 3.23. The molecule has 0 spiro atoms. The van der Waals surface area contributed by atoms with Gasteiger partial charge in [0.15, 0.2) is 0 Å². The van der Waals surface area contributed by atoms with Gasteiger partial charge in [0.1, 0.15) is 16.6 Å². The van der Waals surface area contributed by atoms with E-state index in [4.69, 9.17) is 4.42 Å². The molecule has 1 amide bonds. The van der Waals surface area contributed by atoms with E-state index in [0.717, 1.165) is 36.8 Å². The number of carbonyl (C=O) groups excluding carboxylic acids is 1. The number of rotatable bonds is 5. The second-order valence-electron chi connectivity index (χ2n) is 6.46. The van der Waals surface area contributed by atoms with Crippen LogP contribution >= 0.6 is 11.3 Å². The normalized spacial score (nSPS) is 13.7. The molecule has 3 aromatic rings. The lowest BCUT2D eigenvalue weighted by molar-refractivity contribution is 0.0948. The Labute approximate surface area is 160 Å². The molecule has 0 saturated carbocycles. The number of hydrogen-bond donors (Lipinski definition) is 1. The van der Waals surface area contributed by atoms with Crippen LogP contribution in [0.5, 0.6) is 0 Å². The molecule has 2 heterocycles. The first-order valence-electron chi connectivity index (χ1n) is 8.95. The van der Waals surface area contributed by atoms with Crippen molar-refractivity contribution in [1.82, 2.24) is 5.32 Å². The van der Waals surface area contributed by atoms with Gasteiger partial charge in [-0.3, -0.25) is 4.79 Å². The average molecular weight is 382 g/mol. The summed E-state index contributed by atoms with van der Waals surface area (Å²) < 4.78 is 18.4. The maximum atomic E-state index is 13.1. The van der Waals surface area contributed by atoms with Gasteiger partial charge in [-0.2, -0.15) is 0 Å². The molecule has 4 nitrogen and oxygen atoms in total. The van der Waals surface area contributed by atoms with Crippen LogP contribution in [0, 0.1) is 5.82 Å². The second-order valence-corrected chi connectivity index (χ2v) is 7.55. The van der Waals surface area contributed by atoms with E-state index in [0.29, 0.717) is 22.9 Å². The highest BCUT2D eigenvalue weighted by Gasteiger charge is 2.25. The number of nitrogens with zero attached hydrogens (tertiary/aromatic N) is 1. The van der Waals surface area contributed by atoms with E-state index in [1.54, 1.807) is 42.0 Å². The summed E-state index contributed by atoms with van der Waals surface area (Å²) in [6, 6.07) is 9.77. The molecule has 4 rings (SSSR count). The van der Waals surface area contributed by atoms with Crippen LogP contribution in [0.1, 0.15) is 45.0 Å². The molecule has 2 aromatic heterocycles. The Morgan fingerprint density at radius 1 is 1.22 bits per heavy atom. The summed E-state index contributed by atoms with van der Waals surface area (Å²) in [5.41, 5.74) is 2.58. The number of aryl methyl sites for hydroxylation is 1. The van der Waals surface area contributed by atoms with Crippen LogP contribution in [0.3, 0.4) is 0 Å². The fraction of sp³-hybridized carbons (Fsp3) is 0.238. The van der Waals surface area contributed by atoms with Crippen molar-refractivity contribution in [2.45, 2.75) is 32.2 Å². The molecule has 1 aliphatic rings. The summed E-state index contributed by atoms with van der Waals surface area (Å²) >= 11 is 1.58. The Morgan fingerprint density at radius 3 is 2.81 bits per heavy atom. The molecule has 6 heteroatoms. The third-order valence-corrected chi connectivity index (χ3v) is 5.78. The van der Waals surface area contributed by atoms with Crippen LogP contribution in [0.25, 0.3) is 0 Å². The Balaban J connectivity index is 1.61. The number of halogens is 1. The van der Waals surface area contributed by atoms with Crippen molar-refractivity contribution in [1.29, 1.82) is 0 Å². The quantitative estimate of drug-likeness (QED) is 0.629. The fourth-order valence-corrected chi connectivity index (χ4v) is 4.46. The van der Waals surface area contributed by atoms with Crippen molar-refractivity contribution in [3.63, 3.8) is 0 Å². The average Bonchev–Trinajstić information content (AvgIpc) is 3.33. The van der Waals surface area contributed by atoms with E-state index in [9.17, 15) is 9.18 Å². The number of amides is 1. The van der Waals surface area contributed by atoms with Crippen molar-refractivity contribution in [2.24, 2.45) is 4.99 Å². The van der Waals surface area contributed by atoms with Crippen LogP contribution < -0.4 is 5.32 Å². The molecule has 1 aliphatic carbocycles. The smallest absolute Gasteiger partial charge is 0.255 e. The monoisotopic (exact) mass is 382 g/mol. The molecular formula is C21H19FN2O2S. The molecule has 0 saturated heterocycles.